The molecule has 0 N–H and O–H groups in total. The van der Waals surface area contributed by atoms with Crippen molar-refractivity contribution in [2.45, 2.75) is 63.3 Å². The van der Waals surface area contributed by atoms with E-state index in [2.05, 4.69) is 56.5 Å². The van der Waals surface area contributed by atoms with Crippen molar-refractivity contribution in [1.29, 1.82) is 0 Å². The van der Waals surface area contributed by atoms with Crippen LogP contribution in [0.1, 0.15) is 68.1 Å². The minimum atomic E-state index is -3.90. The summed E-state index contributed by atoms with van der Waals surface area (Å²) in [6.07, 6.45) is 2.30. The normalized spacial score (nSPS) is 15.9. The van der Waals surface area contributed by atoms with Crippen molar-refractivity contribution in [2.24, 2.45) is 0 Å². The lowest BCUT2D eigenvalue weighted by molar-refractivity contribution is -0.133. The molecule has 0 aliphatic carbocycles. The average Bonchev–Trinajstić information content (AvgIpc) is 3.43. The molecule has 1 atom stereocenters. The molecule has 7 heteroatoms. The molecule has 0 bridgehead atoms. The first-order chi connectivity index (χ1) is 19.1. The van der Waals surface area contributed by atoms with E-state index in [-0.39, 0.29) is 28.8 Å². The zero-order valence-corrected chi connectivity index (χ0v) is 25.4. The second-order valence-corrected chi connectivity index (χ2v) is 14.5. The second kappa shape index (κ2) is 11.5. The Morgan fingerprint density at radius 3 is 2.45 bits per heavy atom. The van der Waals surface area contributed by atoms with Crippen LogP contribution in [0.5, 0.6) is 0 Å². The van der Waals surface area contributed by atoms with Gasteiger partial charge >= 0.3 is 0 Å². The third kappa shape index (κ3) is 5.60. The molecule has 0 saturated heterocycles. The molecule has 5 nitrogen and oxygen atoms in total. The van der Waals surface area contributed by atoms with Crippen molar-refractivity contribution in [1.82, 2.24) is 9.21 Å². The van der Waals surface area contributed by atoms with Gasteiger partial charge in [0, 0.05) is 23.4 Å². The van der Waals surface area contributed by atoms with Gasteiger partial charge in [0.2, 0.25) is 15.9 Å². The number of thiophene rings is 1. The number of nitrogens with zero attached hydrogens (tertiary/aromatic N) is 2. The lowest BCUT2D eigenvalue weighted by Gasteiger charge is -2.37. The molecule has 5 rings (SSSR count). The van der Waals surface area contributed by atoms with Gasteiger partial charge in [-0.2, -0.15) is 4.31 Å². The van der Waals surface area contributed by atoms with Crippen LogP contribution in [0.4, 0.5) is 0 Å². The number of hydrogen-bond acceptors (Lipinski definition) is 4. The first-order valence-corrected chi connectivity index (χ1v) is 16.4. The Kier molecular flexibility index (Phi) is 8.18. The number of fused-ring (bicyclic) bond motifs is 2. The topological polar surface area (TPSA) is 57.7 Å². The maximum atomic E-state index is 14.1. The maximum absolute atomic E-state index is 14.1. The molecule has 4 aromatic rings. The molecule has 1 aromatic heterocycles. The number of hydrogen-bond donors (Lipinski definition) is 0. The van der Waals surface area contributed by atoms with Gasteiger partial charge in [0.15, 0.2) is 0 Å². The highest BCUT2D eigenvalue weighted by molar-refractivity contribution is 7.89. The summed E-state index contributed by atoms with van der Waals surface area (Å²) >= 11 is 1.73. The molecule has 2 heterocycles. The predicted molar refractivity (Wildman–Crippen MR) is 164 cm³/mol. The Morgan fingerprint density at radius 2 is 1.73 bits per heavy atom. The predicted octanol–water partition coefficient (Wildman–Crippen LogP) is 7.16. The van der Waals surface area contributed by atoms with E-state index in [9.17, 15) is 13.2 Å². The SMILES string of the molecule is CCCCN(CC(=O)N1CCc2sccc2[C@H]1c1ccc(C(C)(C)C)cc1)S(=O)(=O)c1cccc2ccccc12. The fraction of sp³-hybridized carbons (Fsp3) is 0.364. The number of rotatable bonds is 8. The van der Waals surface area contributed by atoms with E-state index in [1.54, 1.807) is 23.5 Å². The molecular formula is C33H38N2O3S2. The van der Waals surface area contributed by atoms with Crippen LogP contribution in [-0.4, -0.2) is 43.2 Å². The van der Waals surface area contributed by atoms with Gasteiger partial charge in [-0.15, -0.1) is 11.3 Å². The molecule has 0 unspecified atom stereocenters. The number of unbranched alkanes of at least 4 members (excludes halogenated alkanes) is 1. The maximum Gasteiger partial charge on any atom is 0.244 e. The van der Waals surface area contributed by atoms with Crippen molar-refractivity contribution in [3.8, 4) is 0 Å². The fourth-order valence-corrected chi connectivity index (χ4v) is 8.08. The van der Waals surface area contributed by atoms with E-state index < -0.39 is 10.0 Å². The Bertz CT molecular complexity index is 1600. The van der Waals surface area contributed by atoms with E-state index in [0.717, 1.165) is 29.4 Å². The Balaban J connectivity index is 1.49. The van der Waals surface area contributed by atoms with Gasteiger partial charge in [0.1, 0.15) is 0 Å². The van der Waals surface area contributed by atoms with Gasteiger partial charge in [0.25, 0.3) is 0 Å². The van der Waals surface area contributed by atoms with Crippen LogP contribution in [0.2, 0.25) is 0 Å². The Labute approximate surface area is 242 Å². The van der Waals surface area contributed by atoms with Gasteiger partial charge in [-0.3, -0.25) is 4.79 Å². The van der Waals surface area contributed by atoms with Crippen LogP contribution in [-0.2, 0) is 26.7 Å². The van der Waals surface area contributed by atoms with E-state index in [4.69, 9.17) is 0 Å². The minimum absolute atomic E-state index is 0.0316. The summed E-state index contributed by atoms with van der Waals surface area (Å²) in [5.41, 5.74) is 3.47. The van der Waals surface area contributed by atoms with E-state index in [0.29, 0.717) is 24.9 Å². The molecular weight excluding hydrogens is 537 g/mol. The van der Waals surface area contributed by atoms with Crippen molar-refractivity contribution >= 4 is 38.0 Å². The number of benzene rings is 3. The van der Waals surface area contributed by atoms with Gasteiger partial charge in [-0.05, 0) is 57.8 Å². The lowest BCUT2D eigenvalue weighted by Crippen LogP contribution is -2.47. The molecule has 0 radical (unpaired) electrons. The highest BCUT2D eigenvalue weighted by Crippen LogP contribution is 2.39. The van der Waals surface area contributed by atoms with Gasteiger partial charge in [-0.1, -0.05) is 94.8 Å². The van der Waals surface area contributed by atoms with Gasteiger partial charge in [0.05, 0.1) is 17.5 Å². The van der Waals surface area contributed by atoms with Crippen LogP contribution in [0.15, 0.2) is 83.1 Å². The Hall–Kier alpha value is -3.00. The summed E-state index contributed by atoms with van der Waals surface area (Å²) in [6, 6.07) is 23.3. The number of carbonyl (C=O) groups is 1. The van der Waals surface area contributed by atoms with E-state index in [1.165, 1.54) is 14.7 Å². The monoisotopic (exact) mass is 574 g/mol. The van der Waals surface area contributed by atoms with Gasteiger partial charge in [-0.25, -0.2) is 8.42 Å². The third-order valence-electron chi connectivity index (χ3n) is 7.82. The summed E-state index contributed by atoms with van der Waals surface area (Å²) in [6.45, 7) is 9.29. The van der Waals surface area contributed by atoms with Crippen molar-refractivity contribution < 1.29 is 13.2 Å². The lowest BCUT2D eigenvalue weighted by atomic mass is 9.85. The van der Waals surface area contributed by atoms with Crippen LogP contribution in [0.3, 0.4) is 0 Å². The largest absolute Gasteiger partial charge is 0.330 e. The van der Waals surface area contributed by atoms with Crippen LogP contribution < -0.4 is 0 Å². The molecule has 0 spiro atoms. The first kappa shape index (κ1) is 28.5. The van der Waals surface area contributed by atoms with Crippen LogP contribution in [0, 0.1) is 0 Å². The summed E-state index contributed by atoms with van der Waals surface area (Å²) in [5, 5.41) is 3.63. The highest BCUT2D eigenvalue weighted by Gasteiger charge is 2.36. The molecule has 1 amide bonds. The molecule has 1 aliphatic heterocycles. The molecule has 1 aliphatic rings. The number of amides is 1. The average molecular weight is 575 g/mol. The standard InChI is InChI=1S/C33H38N2O3S2/c1-5-6-20-34(40(37,38)30-13-9-11-24-10-7-8-12-27(24)30)23-31(36)35-21-18-29-28(19-22-39-29)32(35)25-14-16-26(17-15-25)33(2,3)4/h7-17,19,22,32H,5-6,18,20-21,23H2,1-4H3/t32-/m1/s1. The second-order valence-electron chi connectivity index (χ2n) is 11.6. The van der Waals surface area contributed by atoms with E-state index in [1.807, 2.05) is 42.2 Å². The molecule has 0 fully saturated rings. The highest BCUT2D eigenvalue weighted by atomic mass is 32.2. The van der Waals surface area contributed by atoms with E-state index >= 15 is 0 Å². The van der Waals surface area contributed by atoms with Crippen LogP contribution in [0.25, 0.3) is 10.8 Å². The molecule has 210 valence electrons. The summed E-state index contributed by atoms with van der Waals surface area (Å²) in [4.78, 5) is 17.5. The number of sulfonamides is 1. The Morgan fingerprint density at radius 1 is 1.00 bits per heavy atom. The quantitative estimate of drug-likeness (QED) is 0.224. The molecule has 40 heavy (non-hydrogen) atoms. The van der Waals surface area contributed by atoms with Gasteiger partial charge < -0.3 is 4.90 Å². The summed E-state index contributed by atoms with van der Waals surface area (Å²) in [7, 11) is -3.90. The van der Waals surface area contributed by atoms with Crippen LogP contribution >= 0.6 is 11.3 Å². The zero-order valence-electron chi connectivity index (χ0n) is 23.8. The summed E-state index contributed by atoms with van der Waals surface area (Å²) < 4.78 is 29.5. The zero-order chi connectivity index (χ0) is 28.5. The molecule has 3 aromatic carbocycles. The molecule has 0 saturated carbocycles. The van der Waals surface area contributed by atoms with Crippen molar-refractivity contribution in [3.05, 3.63) is 99.7 Å². The first-order valence-electron chi connectivity index (χ1n) is 14.1. The van der Waals surface area contributed by atoms with Crippen molar-refractivity contribution in [2.75, 3.05) is 19.6 Å². The summed E-state index contributed by atoms with van der Waals surface area (Å²) in [5.74, 6) is -0.165. The number of carbonyl (C=O) groups excluding carboxylic acids is 1. The fourth-order valence-electron chi connectivity index (χ4n) is 5.53. The minimum Gasteiger partial charge on any atom is -0.330 e. The van der Waals surface area contributed by atoms with Crippen molar-refractivity contribution in [3.63, 3.8) is 0 Å². The smallest absolute Gasteiger partial charge is 0.244 e. The third-order valence-corrected chi connectivity index (χ3v) is 10.7.